The molecule has 2 aromatic carbocycles. The number of carbonyl (C=O) groups excluding carboxylic acids is 1. The van der Waals surface area contributed by atoms with Crippen molar-refractivity contribution in [2.75, 3.05) is 18.9 Å². The number of carbonyl (C=O) groups is 1. The minimum Gasteiger partial charge on any atom is -0.397 e. The highest BCUT2D eigenvalue weighted by Crippen LogP contribution is 2.36. The standard InChI is InChI=1S/C17H15BrClFN4O3/c1-24-13-5-8(17(26)23-27-3-2-25)4-12(20)15(13)22-16(24)10-6-9(18)7-11(19)14(10)21/h4-7,25H,2-3,21H2,1H3,(H,23,26). The highest BCUT2D eigenvalue weighted by Gasteiger charge is 2.19. The fourth-order valence-corrected chi connectivity index (χ4v) is 3.42. The SMILES string of the molecule is Cn1c(-c2cc(Br)cc(Cl)c2N)nc2c(F)cc(C(=O)NOCCO)cc21. The van der Waals surface area contributed by atoms with E-state index in [2.05, 4.69) is 26.4 Å². The van der Waals surface area contributed by atoms with Crippen LogP contribution in [0.2, 0.25) is 5.02 Å². The van der Waals surface area contributed by atoms with Gasteiger partial charge in [0.15, 0.2) is 5.82 Å². The molecule has 0 aliphatic heterocycles. The van der Waals surface area contributed by atoms with Crippen molar-refractivity contribution < 1.29 is 19.1 Å². The van der Waals surface area contributed by atoms with Crippen molar-refractivity contribution in [1.82, 2.24) is 15.0 Å². The molecule has 10 heteroatoms. The molecule has 1 heterocycles. The molecule has 3 rings (SSSR count). The third-order valence-corrected chi connectivity index (χ3v) is 4.67. The van der Waals surface area contributed by atoms with E-state index in [1.807, 2.05) is 0 Å². The van der Waals surface area contributed by atoms with Crippen molar-refractivity contribution in [2.24, 2.45) is 7.05 Å². The number of aromatic nitrogens is 2. The van der Waals surface area contributed by atoms with Crippen LogP contribution in [0.15, 0.2) is 28.7 Å². The van der Waals surface area contributed by atoms with Gasteiger partial charge in [-0.25, -0.2) is 14.9 Å². The first kappa shape index (κ1) is 19.6. The normalized spacial score (nSPS) is 11.1. The Balaban J connectivity index is 2.10. The fourth-order valence-electron chi connectivity index (χ4n) is 2.61. The zero-order valence-corrected chi connectivity index (χ0v) is 16.4. The Morgan fingerprint density at radius 2 is 2.19 bits per heavy atom. The van der Waals surface area contributed by atoms with E-state index >= 15 is 0 Å². The molecule has 1 amide bonds. The summed E-state index contributed by atoms with van der Waals surface area (Å²) in [6.07, 6.45) is 0. The first-order valence-corrected chi connectivity index (χ1v) is 8.94. The molecule has 0 radical (unpaired) electrons. The van der Waals surface area contributed by atoms with E-state index < -0.39 is 11.7 Å². The highest BCUT2D eigenvalue weighted by atomic mass is 79.9. The Labute approximate surface area is 167 Å². The van der Waals surface area contributed by atoms with Crippen LogP contribution in [-0.4, -0.2) is 33.8 Å². The Hall–Kier alpha value is -2.20. The van der Waals surface area contributed by atoms with Crippen LogP contribution >= 0.6 is 27.5 Å². The average Bonchev–Trinajstić information content (AvgIpc) is 2.95. The largest absolute Gasteiger partial charge is 0.397 e. The van der Waals surface area contributed by atoms with Crippen LogP contribution in [0.25, 0.3) is 22.4 Å². The summed E-state index contributed by atoms with van der Waals surface area (Å²) in [7, 11) is 1.68. The first-order valence-electron chi connectivity index (χ1n) is 7.77. The minimum absolute atomic E-state index is 0.0488. The number of nitrogen functional groups attached to an aromatic ring is 1. The zero-order valence-electron chi connectivity index (χ0n) is 14.1. The zero-order chi connectivity index (χ0) is 19.7. The number of aliphatic hydroxyl groups is 1. The predicted molar refractivity (Wildman–Crippen MR) is 104 cm³/mol. The summed E-state index contributed by atoms with van der Waals surface area (Å²) in [5.41, 5.74) is 9.58. The molecule has 3 aromatic rings. The molecule has 0 bridgehead atoms. The number of amides is 1. The Bertz CT molecular complexity index is 1040. The third kappa shape index (κ3) is 3.77. The molecule has 0 saturated carbocycles. The number of nitrogens with one attached hydrogen (secondary N) is 1. The number of nitrogens with zero attached hydrogens (tertiary/aromatic N) is 2. The second-order valence-electron chi connectivity index (χ2n) is 5.67. The molecule has 1 aromatic heterocycles. The van der Waals surface area contributed by atoms with Crippen molar-refractivity contribution in [1.29, 1.82) is 0 Å². The number of hydrogen-bond donors (Lipinski definition) is 3. The van der Waals surface area contributed by atoms with Gasteiger partial charge in [-0.15, -0.1) is 0 Å². The Morgan fingerprint density at radius 3 is 2.89 bits per heavy atom. The summed E-state index contributed by atoms with van der Waals surface area (Å²) < 4.78 is 16.9. The maximum Gasteiger partial charge on any atom is 0.275 e. The number of benzene rings is 2. The molecule has 0 unspecified atom stereocenters. The second-order valence-corrected chi connectivity index (χ2v) is 7.00. The lowest BCUT2D eigenvalue weighted by atomic mass is 10.1. The van der Waals surface area contributed by atoms with E-state index in [-0.39, 0.29) is 24.3 Å². The van der Waals surface area contributed by atoms with Crippen LogP contribution in [-0.2, 0) is 11.9 Å². The lowest BCUT2D eigenvalue weighted by Crippen LogP contribution is -2.25. The van der Waals surface area contributed by atoms with Gasteiger partial charge in [-0.2, -0.15) is 0 Å². The maximum atomic E-state index is 14.6. The van der Waals surface area contributed by atoms with Gasteiger partial charge in [-0.1, -0.05) is 27.5 Å². The third-order valence-electron chi connectivity index (χ3n) is 3.90. The van der Waals surface area contributed by atoms with Gasteiger partial charge in [-0.05, 0) is 24.3 Å². The van der Waals surface area contributed by atoms with Crippen LogP contribution in [0, 0.1) is 5.82 Å². The number of hydroxylamine groups is 1. The summed E-state index contributed by atoms with van der Waals surface area (Å²) >= 11 is 9.48. The minimum atomic E-state index is -0.665. The average molecular weight is 458 g/mol. The van der Waals surface area contributed by atoms with Crippen molar-refractivity contribution in [3.05, 3.63) is 45.1 Å². The molecule has 0 atom stereocenters. The van der Waals surface area contributed by atoms with Crippen LogP contribution in [0.3, 0.4) is 0 Å². The number of rotatable bonds is 5. The summed E-state index contributed by atoms with van der Waals surface area (Å²) in [6, 6.07) is 5.94. The van der Waals surface area contributed by atoms with Crippen LogP contribution in [0.4, 0.5) is 10.1 Å². The number of halogens is 3. The van der Waals surface area contributed by atoms with Crippen molar-refractivity contribution in [2.45, 2.75) is 0 Å². The van der Waals surface area contributed by atoms with Crippen LogP contribution < -0.4 is 11.2 Å². The number of fused-ring (bicyclic) bond motifs is 1. The molecule has 0 spiro atoms. The smallest absolute Gasteiger partial charge is 0.275 e. The maximum absolute atomic E-state index is 14.6. The van der Waals surface area contributed by atoms with Crippen LogP contribution in [0.1, 0.15) is 10.4 Å². The highest BCUT2D eigenvalue weighted by molar-refractivity contribution is 9.10. The van der Waals surface area contributed by atoms with E-state index in [9.17, 15) is 9.18 Å². The van der Waals surface area contributed by atoms with Gasteiger partial charge < -0.3 is 15.4 Å². The summed E-state index contributed by atoms with van der Waals surface area (Å²) in [4.78, 5) is 21.2. The van der Waals surface area contributed by atoms with Gasteiger partial charge in [0.1, 0.15) is 11.3 Å². The van der Waals surface area contributed by atoms with Crippen molar-refractivity contribution in [3.8, 4) is 11.4 Å². The van der Waals surface area contributed by atoms with Gasteiger partial charge in [0, 0.05) is 22.6 Å². The molecule has 0 fully saturated rings. The lowest BCUT2D eigenvalue weighted by molar-refractivity contribution is 0.0168. The molecule has 4 N–H and O–H groups in total. The number of hydrogen-bond acceptors (Lipinski definition) is 5. The van der Waals surface area contributed by atoms with Crippen LogP contribution in [0.5, 0.6) is 0 Å². The summed E-state index contributed by atoms with van der Waals surface area (Å²) in [6.45, 7) is -0.329. The molecule has 7 nitrogen and oxygen atoms in total. The molecule has 0 aliphatic carbocycles. The molecular formula is C17H15BrClFN4O3. The number of anilines is 1. The molecule has 142 valence electrons. The van der Waals surface area contributed by atoms with Gasteiger partial charge in [-0.3, -0.25) is 9.63 Å². The van der Waals surface area contributed by atoms with Gasteiger partial charge in [0.2, 0.25) is 0 Å². The topological polar surface area (TPSA) is 102 Å². The van der Waals surface area contributed by atoms with E-state index in [0.717, 1.165) is 6.07 Å². The summed E-state index contributed by atoms with van der Waals surface area (Å²) in [5, 5.41) is 9.01. The fraction of sp³-hybridized carbons (Fsp3) is 0.176. The van der Waals surface area contributed by atoms with Gasteiger partial charge in [0.05, 0.1) is 29.4 Å². The van der Waals surface area contributed by atoms with E-state index in [1.54, 1.807) is 23.7 Å². The van der Waals surface area contributed by atoms with Gasteiger partial charge in [0.25, 0.3) is 5.91 Å². The molecule has 0 saturated heterocycles. The first-order chi connectivity index (χ1) is 12.8. The monoisotopic (exact) mass is 456 g/mol. The predicted octanol–water partition coefficient (Wildman–Crippen LogP) is 3.03. The lowest BCUT2D eigenvalue weighted by Gasteiger charge is -2.09. The number of imidazole rings is 1. The number of aryl methyl sites for hydroxylation is 1. The number of aliphatic hydroxyl groups excluding tert-OH is 1. The van der Waals surface area contributed by atoms with E-state index in [4.69, 9.17) is 27.3 Å². The van der Waals surface area contributed by atoms with Crippen molar-refractivity contribution in [3.63, 3.8) is 0 Å². The molecule has 0 aliphatic rings. The number of nitrogens with two attached hydrogens (primary N) is 1. The molecular weight excluding hydrogens is 443 g/mol. The quantitative estimate of drug-likeness (QED) is 0.310. The van der Waals surface area contributed by atoms with E-state index in [0.29, 0.717) is 32.1 Å². The Kier molecular flexibility index (Phi) is 5.66. The van der Waals surface area contributed by atoms with Crippen molar-refractivity contribution >= 4 is 50.2 Å². The second kappa shape index (κ2) is 7.81. The van der Waals surface area contributed by atoms with Gasteiger partial charge >= 0.3 is 0 Å². The van der Waals surface area contributed by atoms with E-state index in [1.165, 1.54) is 6.07 Å². The Morgan fingerprint density at radius 1 is 1.44 bits per heavy atom. The molecule has 27 heavy (non-hydrogen) atoms. The summed E-state index contributed by atoms with van der Waals surface area (Å²) in [5.74, 6) is -0.906.